The topological polar surface area (TPSA) is 122 Å². The Bertz CT molecular complexity index is 1380. The Hall–Kier alpha value is -3.56. The molecule has 0 bridgehead atoms. The predicted molar refractivity (Wildman–Crippen MR) is 144 cm³/mol. The van der Waals surface area contributed by atoms with Crippen LogP contribution in [0.2, 0.25) is 5.02 Å². The molecule has 0 aliphatic rings. The summed E-state index contributed by atoms with van der Waals surface area (Å²) >= 11 is 6.31. The number of nitrogens with one attached hydrogen (secondary N) is 2. The third kappa shape index (κ3) is 6.81. The van der Waals surface area contributed by atoms with Crippen molar-refractivity contribution in [2.24, 2.45) is 0 Å². The molecule has 0 aliphatic carbocycles. The summed E-state index contributed by atoms with van der Waals surface area (Å²) in [5, 5.41) is 14.2. The number of aromatic hydroxyl groups is 1. The third-order valence-corrected chi connectivity index (χ3v) is 8.18. The lowest BCUT2D eigenvalue weighted by Crippen LogP contribution is -2.35. The summed E-state index contributed by atoms with van der Waals surface area (Å²) in [6, 6.07) is 17.4. The fraction of sp³-hybridized carbons (Fsp3) is 0.259. The maximum atomic E-state index is 13.0. The number of sulfone groups is 1. The van der Waals surface area contributed by atoms with E-state index >= 15 is 0 Å². The van der Waals surface area contributed by atoms with Gasteiger partial charge < -0.3 is 20.5 Å². The molecule has 3 aromatic rings. The highest BCUT2D eigenvalue weighted by molar-refractivity contribution is 7.92. The minimum Gasteiger partial charge on any atom is -0.506 e. The second kappa shape index (κ2) is 12.1. The Kier molecular flexibility index (Phi) is 9.18. The van der Waals surface area contributed by atoms with E-state index in [4.69, 9.17) is 16.3 Å². The lowest BCUT2D eigenvalue weighted by atomic mass is 10.2. The number of phenols is 1. The first kappa shape index (κ1) is 28.0. The summed E-state index contributed by atoms with van der Waals surface area (Å²) in [5.74, 6) is -1.11. The molecule has 0 fully saturated rings. The van der Waals surface area contributed by atoms with Crippen molar-refractivity contribution in [1.82, 2.24) is 0 Å². The molecule has 2 unspecified atom stereocenters. The number of phenolic OH excluding ortho intramolecular Hbond substituents is 1. The van der Waals surface area contributed by atoms with Crippen LogP contribution >= 0.6 is 11.6 Å². The van der Waals surface area contributed by atoms with Gasteiger partial charge in [0.2, 0.25) is 5.91 Å². The highest BCUT2D eigenvalue weighted by atomic mass is 35.5. The highest BCUT2D eigenvalue weighted by Crippen LogP contribution is 2.34. The van der Waals surface area contributed by atoms with Crippen LogP contribution in [0.4, 0.5) is 11.4 Å². The van der Waals surface area contributed by atoms with E-state index < -0.39 is 33.0 Å². The first-order valence-electron chi connectivity index (χ1n) is 11.7. The lowest BCUT2D eigenvalue weighted by Gasteiger charge is -2.19. The molecule has 196 valence electrons. The third-order valence-electron chi connectivity index (χ3n) is 5.64. The van der Waals surface area contributed by atoms with Crippen molar-refractivity contribution < 1.29 is 27.9 Å². The second-order valence-electron chi connectivity index (χ2n) is 8.41. The zero-order valence-corrected chi connectivity index (χ0v) is 22.3. The van der Waals surface area contributed by atoms with Crippen molar-refractivity contribution in [1.29, 1.82) is 0 Å². The Balaban J connectivity index is 1.75. The normalized spacial score (nSPS) is 12.9. The van der Waals surface area contributed by atoms with Gasteiger partial charge in [0, 0.05) is 6.07 Å². The fourth-order valence-electron chi connectivity index (χ4n) is 3.68. The molecule has 2 amide bonds. The molecule has 3 N–H and O–H groups in total. The summed E-state index contributed by atoms with van der Waals surface area (Å²) in [5.41, 5.74) is 1.01. The minimum absolute atomic E-state index is 0.000984. The van der Waals surface area contributed by atoms with Gasteiger partial charge in [-0.1, -0.05) is 55.8 Å². The first-order chi connectivity index (χ1) is 17.6. The van der Waals surface area contributed by atoms with Gasteiger partial charge in [-0.05, 0) is 55.7 Å². The number of halogens is 1. The second-order valence-corrected chi connectivity index (χ2v) is 11.0. The number of anilines is 2. The maximum absolute atomic E-state index is 13.0. The Morgan fingerprint density at radius 3 is 2.22 bits per heavy atom. The number of hydrogen-bond donors (Lipinski definition) is 3. The van der Waals surface area contributed by atoms with Crippen molar-refractivity contribution in [3.05, 3.63) is 77.3 Å². The Morgan fingerprint density at radius 2 is 1.59 bits per heavy atom. The number of aryl methyl sites for hydroxylation is 1. The molecule has 0 aromatic heterocycles. The van der Waals surface area contributed by atoms with Crippen LogP contribution in [0.3, 0.4) is 0 Å². The van der Waals surface area contributed by atoms with Gasteiger partial charge in [-0.15, -0.1) is 0 Å². The summed E-state index contributed by atoms with van der Waals surface area (Å²) in [6.07, 6.45) is -0.426. The van der Waals surface area contributed by atoms with Gasteiger partial charge >= 0.3 is 0 Å². The van der Waals surface area contributed by atoms with Crippen LogP contribution in [0, 0.1) is 6.92 Å². The predicted octanol–water partition coefficient (Wildman–Crippen LogP) is 5.34. The van der Waals surface area contributed by atoms with E-state index in [2.05, 4.69) is 10.6 Å². The monoisotopic (exact) mass is 544 g/mol. The van der Waals surface area contributed by atoms with E-state index in [-0.39, 0.29) is 33.5 Å². The molecule has 0 saturated carbocycles. The zero-order valence-electron chi connectivity index (χ0n) is 20.7. The molecular weight excluding hydrogens is 516 g/mol. The van der Waals surface area contributed by atoms with Gasteiger partial charge in [0.05, 0.1) is 21.3 Å². The first-order valence-corrected chi connectivity index (χ1v) is 13.7. The van der Waals surface area contributed by atoms with Gasteiger partial charge in [0.1, 0.15) is 16.7 Å². The number of rotatable bonds is 10. The van der Waals surface area contributed by atoms with Crippen molar-refractivity contribution >= 4 is 44.6 Å². The molecule has 37 heavy (non-hydrogen) atoms. The van der Waals surface area contributed by atoms with Crippen LogP contribution in [0.1, 0.15) is 32.3 Å². The van der Waals surface area contributed by atoms with Crippen LogP contribution in [-0.2, 0) is 19.4 Å². The Morgan fingerprint density at radius 1 is 0.919 bits per heavy atom. The number of hydrogen-bond acceptors (Lipinski definition) is 6. The molecule has 10 heteroatoms. The van der Waals surface area contributed by atoms with E-state index in [9.17, 15) is 23.1 Å². The van der Waals surface area contributed by atoms with Gasteiger partial charge in [-0.3, -0.25) is 9.59 Å². The summed E-state index contributed by atoms with van der Waals surface area (Å²) in [6.45, 7) is 5.29. The molecule has 0 spiro atoms. The number of carbonyl (C=O) groups excluding carboxylic acids is 2. The molecule has 8 nitrogen and oxygen atoms in total. The van der Waals surface area contributed by atoms with E-state index in [1.54, 1.807) is 38.1 Å². The van der Waals surface area contributed by atoms with Crippen molar-refractivity contribution in [3.63, 3.8) is 0 Å². The smallest absolute Gasteiger partial charge is 0.265 e. The van der Waals surface area contributed by atoms with Crippen LogP contribution < -0.4 is 15.4 Å². The van der Waals surface area contributed by atoms with Crippen LogP contribution in [0.5, 0.6) is 11.5 Å². The van der Waals surface area contributed by atoms with Crippen molar-refractivity contribution in [2.45, 2.75) is 49.9 Å². The van der Waals surface area contributed by atoms with Gasteiger partial charge in [0.25, 0.3) is 5.91 Å². The number of amides is 2. The fourth-order valence-corrected chi connectivity index (χ4v) is 5.54. The maximum Gasteiger partial charge on any atom is 0.265 e. The molecule has 0 heterocycles. The van der Waals surface area contributed by atoms with E-state index in [0.717, 1.165) is 11.6 Å². The van der Waals surface area contributed by atoms with Gasteiger partial charge in [-0.2, -0.15) is 0 Å². The largest absolute Gasteiger partial charge is 0.506 e. The van der Waals surface area contributed by atoms with Crippen molar-refractivity contribution in [2.75, 3.05) is 10.6 Å². The molecule has 0 aliphatic heterocycles. The van der Waals surface area contributed by atoms with Crippen LogP contribution in [0.25, 0.3) is 0 Å². The molecule has 0 radical (unpaired) electrons. The van der Waals surface area contributed by atoms with Crippen molar-refractivity contribution in [3.8, 4) is 11.5 Å². The summed E-state index contributed by atoms with van der Waals surface area (Å²) in [4.78, 5) is 25.7. The summed E-state index contributed by atoms with van der Waals surface area (Å²) in [7, 11) is -3.95. The molecule has 3 rings (SSSR count). The minimum atomic E-state index is -3.95. The molecule has 3 aromatic carbocycles. The van der Waals surface area contributed by atoms with Crippen LogP contribution in [-0.4, -0.2) is 36.7 Å². The van der Waals surface area contributed by atoms with E-state index in [1.807, 2.05) is 25.1 Å². The summed E-state index contributed by atoms with van der Waals surface area (Å²) < 4.78 is 31.7. The molecule has 0 saturated heterocycles. The average molecular weight is 545 g/mol. The quantitative estimate of drug-likeness (QED) is 0.296. The van der Waals surface area contributed by atoms with Crippen LogP contribution in [0.15, 0.2) is 71.6 Å². The SMILES string of the molecule is CCC(Oc1cccc(C)c1)C(=O)Nc1cc(Cl)c(NC(=O)C(CC)S(=O)(=O)c2ccccc2)cc1O. The lowest BCUT2D eigenvalue weighted by molar-refractivity contribution is -0.122. The number of benzene rings is 3. The number of ether oxygens (including phenoxy) is 1. The van der Waals surface area contributed by atoms with E-state index in [1.165, 1.54) is 18.2 Å². The molecular formula is C27H29ClN2O6S. The Labute approximate surface area is 221 Å². The average Bonchev–Trinajstić information content (AvgIpc) is 2.86. The molecule has 2 atom stereocenters. The highest BCUT2D eigenvalue weighted by Gasteiger charge is 2.33. The standard InChI is InChI=1S/C27H29ClN2O6S/c1-4-24(36-18-11-9-10-17(3)14-18)26(32)30-22-15-20(28)21(16-23(22)31)29-27(33)25(5-2)37(34,35)19-12-7-6-8-13-19/h6-16,24-25,31H,4-5H2,1-3H3,(H,29,33)(H,30,32). The van der Waals surface area contributed by atoms with Gasteiger partial charge in [0.15, 0.2) is 15.9 Å². The number of carbonyl (C=O) groups is 2. The van der Waals surface area contributed by atoms with Gasteiger partial charge in [-0.25, -0.2) is 8.42 Å². The van der Waals surface area contributed by atoms with E-state index in [0.29, 0.717) is 12.2 Å². The zero-order chi connectivity index (χ0) is 27.2.